The van der Waals surface area contributed by atoms with Gasteiger partial charge in [0.15, 0.2) is 11.7 Å². The van der Waals surface area contributed by atoms with Crippen LogP contribution in [0.1, 0.15) is 11.1 Å². The predicted molar refractivity (Wildman–Crippen MR) is 93.9 cm³/mol. The second kappa shape index (κ2) is 7.60. The van der Waals surface area contributed by atoms with Crippen LogP contribution >= 0.6 is 12.2 Å². The number of phenolic OH excluding ortho intramolecular Hbond substituents is 1. The van der Waals surface area contributed by atoms with Gasteiger partial charge in [-0.25, -0.2) is 0 Å². The highest BCUT2D eigenvalue weighted by Gasteiger charge is 2.08. The summed E-state index contributed by atoms with van der Waals surface area (Å²) in [6, 6.07) is 12.5. The Morgan fingerprint density at radius 3 is 2.65 bits per heavy atom. The molecular formula is C17H18N2O3S. The molecule has 0 aliphatic heterocycles. The fraction of sp³-hybridized carbons (Fsp3) is 0.176. The fourth-order valence-electron chi connectivity index (χ4n) is 1.92. The third-order valence-electron chi connectivity index (χ3n) is 3.01. The quantitative estimate of drug-likeness (QED) is 0.594. The fourth-order valence-corrected chi connectivity index (χ4v) is 2.14. The topological polar surface area (TPSA) is 70.6 Å². The minimum absolute atomic E-state index is 0.0585. The molecule has 0 bridgehead atoms. The Labute approximate surface area is 140 Å². The number of hydrogen-bond donors (Lipinski definition) is 3. The zero-order valence-electron chi connectivity index (χ0n) is 12.9. The summed E-state index contributed by atoms with van der Waals surface area (Å²) in [5.74, 6) is 0.301. The monoisotopic (exact) mass is 330 g/mol. The Morgan fingerprint density at radius 2 is 1.91 bits per heavy atom. The van der Waals surface area contributed by atoms with Gasteiger partial charge < -0.3 is 15.2 Å². The maximum Gasteiger partial charge on any atom is 0.264 e. The molecule has 3 N–H and O–H groups in total. The largest absolute Gasteiger partial charge is 0.506 e. The van der Waals surface area contributed by atoms with E-state index in [1.54, 1.807) is 24.3 Å². The number of carbonyl (C=O) groups excluding carboxylic acids is 1. The van der Waals surface area contributed by atoms with Crippen LogP contribution in [0.3, 0.4) is 0 Å². The Balaban J connectivity index is 1.85. The Hall–Kier alpha value is -2.60. The molecule has 2 aromatic rings. The van der Waals surface area contributed by atoms with Gasteiger partial charge in [0.1, 0.15) is 11.5 Å². The van der Waals surface area contributed by atoms with E-state index in [2.05, 4.69) is 10.6 Å². The molecule has 0 fully saturated rings. The zero-order chi connectivity index (χ0) is 16.8. The highest BCUT2D eigenvalue weighted by atomic mass is 32.1. The molecule has 0 unspecified atom stereocenters. The van der Waals surface area contributed by atoms with Crippen LogP contribution in [0.15, 0.2) is 42.5 Å². The van der Waals surface area contributed by atoms with Crippen molar-refractivity contribution in [3.8, 4) is 11.5 Å². The number of carbonyl (C=O) groups is 1. The van der Waals surface area contributed by atoms with Gasteiger partial charge >= 0.3 is 0 Å². The van der Waals surface area contributed by atoms with Crippen LogP contribution in [0.5, 0.6) is 11.5 Å². The zero-order valence-corrected chi connectivity index (χ0v) is 13.7. The number of aryl methyl sites for hydroxylation is 2. The molecular weight excluding hydrogens is 312 g/mol. The van der Waals surface area contributed by atoms with Gasteiger partial charge in [0.2, 0.25) is 0 Å². The van der Waals surface area contributed by atoms with E-state index in [1.165, 1.54) is 0 Å². The van der Waals surface area contributed by atoms with E-state index in [9.17, 15) is 9.90 Å². The van der Waals surface area contributed by atoms with Crippen LogP contribution in [-0.2, 0) is 4.79 Å². The summed E-state index contributed by atoms with van der Waals surface area (Å²) >= 11 is 5.06. The summed E-state index contributed by atoms with van der Waals surface area (Å²) in [5.41, 5.74) is 2.45. The number of thiocarbonyl (C=S) groups is 1. The van der Waals surface area contributed by atoms with Gasteiger partial charge in [-0.05, 0) is 61.5 Å². The van der Waals surface area contributed by atoms with Gasteiger partial charge in [0.05, 0.1) is 5.69 Å². The molecule has 0 spiro atoms. The maximum absolute atomic E-state index is 11.8. The highest BCUT2D eigenvalue weighted by Crippen LogP contribution is 2.23. The van der Waals surface area contributed by atoms with E-state index in [0.717, 1.165) is 11.1 Å². The van der Waals surface area contributed by atoms with Gasteiger partial charge in [-0.2, -0.15) is 0 Å². The second-order valence-electron chi connectivity index (χ2n) is 5.13. The van der Waals surface area contributed by atoms with E-state index >= 15 is 0 Å². The molecule has 23 heavy (non-hydrogen) atoms. The number of benzene rings is 2. The standard InChI is InChI=1S/C17H18N2O3S/c1-11-4-3-5-13(8-11)22-10-16(21)19-17(23)18-14-9-12(2)6-7-15(14)20/h3-9,20H,10H2,1-2H3,(H2,18,19,21,23). The third-order valence-corrected chi connectivity index (χ3v) is 3.22. The van der Waals surface area contributed by atoms with Crippen molar-refractivity contribution in [1.82, 2.24) is 5.32 Å². The molecule has 5 nitrogen and oxygen atoms in total. The molecule has 0 aliphatic rings. The third kappa shape index (κ3) is 5.27. The second-order valence-corrected chi connectivity index (χ2v) is 5.54. The first-order valence-corrected chi connectivity index (χ1v) is 7.45. The van der Waals surface area contributed by atoms with Crippen LogP contribution in [-0.4, -0.2) is 22.7 Å². The molecule has 2 rings (SSSR count). The summed E-state index contributed by atoms with van der Waals surface area (Å²) in [7, 11) is 0. The Bertz CT molecular complexity index is 732. The lowest BCUT2D eigenvalue weighted by Crippen LogP contribution is -2.37. The van der Waals surface area contributed by atoms with E-state index in [4.69, 9.17) is 17.0 Å². The van der Waals surface area contributed by atoms with Crippen molar-refractivity contribution in [1.29, 1.82) is 0 Å². The van der Waals surface area contributed by atoms with Crippen molar-refractivity contribution in [3.63, 3.8) is 0 Å². The number of rotatable bonds is 4. The van der Waals surface area contributed by atoms with Crippen LogP contribution in [0.4, 0.5) is 5.69 Å². The summed E-state index contributed by atoms with van der Waals surface area (Å²) in [6.45, 7) is 3.69. The summed E-state index contributed by atoms with van der Waals surface area (Å²) in [4.78, 5) is 11.8. The average molecular weight is 330 g/mol. The van der Waals surface area contributed by atoms with Gasteiger partial charge in [-0.1, -0.05) is 18.2 Å². The molecule has 0 atom stereocenters. The SMILES string of the molecule is Cc1cccc(OCC(=O)NC(=S)Nc2cc(C)ccc2O)c1. The van der Waals surface area contributed by atoms with Crippen LogP contribution in [0.2, 0.25) is 0 Å². The summed E-state index contributed by atoms with van der Waals surface area (Å²) < 4.78 is 5.39. The molecule has 0 aromatic heterocycles. The number of aromatic hydroxyl groups is 1. The summed E-state index contributed by atoms with van der Waals surface area (Å²) in [6.07, 6.45) is 0. The Morgan fingerprint density at radius 1 is 1.17 bits per heavy atom. The molecule has 0 radical (unpaired) electrons. The minimum atomic E-state index is -0.379. The predicted octanol–water partition coefficient (Wildman–Crippen LogP) is 2.90. The van der Waals surface area contributed by atoms with E-state index in [0.29, 0.717) is 11.4 Å². The summed E-state index contributed by atoms with van der Waals surface area (Å²) in [5, 5.41) is 15.1. The van der Waals surface area contributed by atoms with Crippen LogP contribution < -0.4 is 15.4 Å². The van der Waals surface area contributed by atoms with Crippen molar-refractivity contribution in [2.75, 3.05) is 11.9 Å². The maximum atomic E-state index is 11.8. The van der Waals surface area contributed by atoms with E-state index < -0.39 is 0 Å². The lowest BCUT2D eigenvalue weighted by atomic mass is 10.2. The van der Waals surface area contributed by atoms with Gasteiger partial charge in [0.25, 0.3) is 5.91 Å². The number of amides is 1. The molecule has 0 saturated carbocycles. The van der Waals surface area contributed by atoms with Crippen molar-refractivity contribution in [3.05, 3.63) is 53.6 Å². The van der Waals surface area contributed by atoms with Crippen LogP contribution in [0.25, 0.3) is 0 Å². The van der Waals surface area contributed by atoms with Gasteiger partial charge in [0, 0.05) is 0 Å². The lowest BCUT2D eigenvalue weighted by molar-refractivity contribution is -0.121. The van der Waals surface area contributed by atoms with Crippen molar-refractivity contribution in [2.24, 2.45) is 0 Å². The molecule has 6 heteroatoms. The molecule has 0 aliphatic carbocycles. The number of phenols is 1. The molecule has 0 heterocycles. The lowest BCUT2D eigenvalue weighted by Gasteiger charge is -2.12. The normalized spacial score (nSPS) is 10.0. The first-order valence-electron chi connectivity index (χ1n) is 7.04. The number of ether oxygens (including phenoxy) is 1. The van der Waals surface area contributed by atoms with Gasteiger partial charge in [-0.15, -0.1) is 0 Å². The molecule has 120 valence electrons. The minimum Gasteiger partial charge on any atom is -0.506 e. The number of nitrogens with one attached hydrogen (secondary N) is 2. The first kappa shape index (κ1) is 16.8. The average Bonchev–Trinajstić information content (AvgIpc) is 2.49. The van der Waals surface area contributed by atoms with E-state index in [1.807, 2.05) is 32.0 Å². The van der Waals surface area contributed by atoms with Crippen LogP contribution in [0, 0.1) is 13.8 Å². The van der Waals surface area contributed by atoms with E-state index in [-0.39, 0.29) is 23.4 Å². The molecule has 0 saturated heterocycles. The number of anilines is 1. The smallest absolute Gasteiger partial charge is 0.264 e. The number of hydrogen-bond acceptors (Lipinski definition) is 4. The highest BCUT2D eigenvalue weighted by molar-refractivity contribution is 7.80. The van der Waals surface area contributed by atoms with Crippen molar-refractivity contribution in [2.45, 2.75) is 13.8 Å². The van der Waals surface area contributed by atoms with Gasteiger partial charge in [-0.3, -0.25) is 10.1 Å². The first-order chi connectivity index (χ1) is 10.9. The van der Waals surface area contributed by atoms with Crippen molar-refractivity contribution < 1.29 is 14.6 Å². The Kier molecular flexibility index (Phi) is 5.54. The van der Waals surface area contributed by atoms with Crippen molar-refractivity contribution >= 4 is 28.9 Å². The molecule has 1 amide bonds. The molecule has 2 aromatic carbocycles.